The Morgan fingerprint density at radius 2 is 2.08 bits per heavy atom. The van der Waals surface area contributed by atoms with Crippen LogP contribution in [-0.2, 0) is 16.6 Å². The lowest BCUT2D eigenvalue weighted by Crippen LogP contribution is -2.31. The molecule has 5 nitrogen and oxygen atoms in total. The number of anilines is 1. The van der Waals surface area contributed by atoms with E-state index < -0.39 is 0 Å². The predicted octanol–water partition coefficient (Wildman–Crippen LogP) is 3.48. The number of aromatic nitrogens is 2. The number of likely N-dealkylation sites (tertiary alicyclic amines) is 1. The smallest absolute Gasteiger partial charge is 0.222 e. The molecule has 1 aliphatic rings. The Kier molecular flexibility index (Phi) is 5.37. The summed E-state index contributed by atoms with van der Waals surface area (Å²) in [7, 11) is 0. The van der Waals surface area contributed by atoms with E-state index in [2.05, 4.69) is 47.6 Å². The number of benzene rings is 1. The van der Waals surface area contributed by atoms with Crippen molar-refractivity contribution in [2.45, 2.75) is 51.5 Å². The fraction of sp³-hybridized carbons (Fsp3) is 0.526. The minimum Gasteiger partial charge on any atom is -0.356 e. The van der Waals surface area contributed by atoms with E-state index in [1.165, 1.54) is 17.1 Å². The van der Waals surface area contributed by atoms with Gasteiger partial charge in [0.2, 0.25) is 11.0 Å². The van der Waals surface area contributed by atoms with E-state index in [9.17, 15) is 4.79 Å². The van der Waals surface area contributed by atoms with Crippen molar-refractivity contribution in [3.63, 3.8) is 0 Å². The zero-order valence-electron chi connectivity index (χ0n) is 15.2. The average molecular weight is 359 g/mol. The third kappa shape index (κ3) is 4.78. The number of aryl methyl sites for hydroxylation is 1. The zero-order valence-corrected chi connectivity index (χ0v) is 16.0. The molecule has 1 fully saturated rings. The largest absolute Gasteiger partial charge is 0.356 e. The fourth-order valence-electron chi connectivity index (χ4n) is 2.92. The zero-order chi connectivity index (χ0) is 17.9. The normalized spacial score (nSPS) is 17.7. The van der Waals surface area contributed by atoms with E-state index in [-0.39, 0.29) is 17.4 Å². The van der Waals surface area contributed by atoms with Crippen LogP contribution in [0.4, 0.5) is 5.13 Å². The highest BCUT2D eigenvalue weighted by Gasteiger charge is 2.27. The molecule has 25 heavy (non-hydrogen) atoms. The first kappa shape index (κ1) is 17.9. The summed E-state index contributed by atoms with van der Waals surface area (Å²) in [5.41, 5.74) is 1.18. The molecule has 0 saturated carbocycles. The van der Waals surface area contributed by atoms with Crippen LogP contribution in [0.5, 0.6) is 0 Å². The van der Waals surface area contributed by atoms with Crippen molar-refractivity contribution < 1.29 is 4.79 Å². The van der Waals surface area contributed by atoms with Gasteiger partial charge in [0.05, 0.1) is 0 Å². The summed E-state index contributed by atoms with van der Waals surface area (Å²) in [5.74, 6) is 1.11. The number of rotatable bonds is 5. The number of nitrogens with zero attached hydrogens (tertiary/aromatic N) is 3. The van der Waals surface area contributed by atoms with Gasteiger partial charge in [0, 0.05) is 42.5 Å². The Morgan fingerprint density at radius 1 is 1.32 bits per heavy atom. The maximum Gasteiger partial charge on any atom is 0.222 e. The van der Waals surface area contributed by atoms with Crippen LogP contribution in [0, 0.1) is 0 Å². The van der Waals surface area contributed by atoms with Gasteiger partial charge in [-0.15, -0.1) is 0 Å². The number of amides is 1. The number of hydrogen-bond donors (Lipinski definition) is 1. The first-order valence-electron chi connectivity index (χ1n) is 8.84. The molecule has 2 aromatic rings. The highest BCUT2D eigenvalue weighted by Crippen LogP contribution is 2.24. The third-order valence-corrected chi connectivity index (χ3v) is 5.08. The summed E-state index contributed by atoms with van der Waals surface area (Å²) in [6.07, 6.45) is 2.34. The SMILES string of the molecule is CC(C)(C)c1nsc(NC2CCN(C(=O)CCc3ccccc3)C2)n1. The van der Waals surface area contributed by atoms with Crippen LogP contribution in [0.1, 0.15) is 45.0 Å². The van der Waals surface area contributed by atoms with Gasteiger partial charge in [-0.3, -0.25) is 4.79 Å². The quantitative estimate of drug-likeness (QED) is 0.889. The highest BCUT2D eigenvalue weighted by atomic mass is 32.1. The summed E-state index contributed by atoms with van der Waals surface area (Å²) in [6, 6.07) is 10.4. The Labute approximate surface area is 153 Å². The van der Waals surface area contributed by atoms with E-state index >= 15 is 0 Å². The first-order valence-corrected chi connectivity index (χ1v) is 9.61. The summed E-state index contributed by atoms with van der Waals surface area (Å²) < 4.78 is 4.43. The van der Waals surface area contributed by atoms with Crippen molar-refractivity contribution in [2.24, 2.45) is 0 Å². The van der Waals surface area contributed by atoms with Crippen LogP contribution in [0.25, 0.3) is 0 Å². The number of carbonyl (C=O) groups excluding carboxylic acids is 1. The van der Waals surface area contributed by atoms with Gasteiger partial charge in [0.25, 0.3) is 0 Å². The van der Waals surface area contributed by atoms with Crippen molar-refractivity contribution in [3.05, 3.63) is 41.7 Å². The Bertz CT molecular complexity index is 708. The van der Waals surface area contributed by atoms with Crippen LogP contribution < -0.4 is 5.32 Å². The molecule has 1 atom stereocenters. The summed E-state index contributed by atoms with van der Waals surface area (Å²) in [5, 5.41) is 4.30. The average Bonchev–Trinajstić information content (AvgIpc) is 3.23. The molecular formula is C19H26N4OS. The second-order valence-corrected chi connectivity index (χ2v) is 8.38. The van der Waals surface area contributed by atoms with E-state index in [0.29, 0.717) is 6.42 Å². The molecule has 2 heterocycles. The number of carbonyl (C=O) groups is 1. The molecule has 1 saturated heterocycles. The monoisotopic (exact) mass is 358 g/mol. The Hall–Kier alpha value is -1.95. The van der Waals surface area contributed by atoms with Gasteiger partial charge in [-0.05, 0) is 18.4 Å². The predicted molar refractivity (Wildman–Crippen MR) is 102 cm³/mol. The number of nitrogens with one attached hydrogen (secondary N) is 1. The maximum absolute atomic E-state index is 12.4. The van der Waals surface area contributed by atoms with Gasteiger partial charge in [-0.2, -0.15) is 4.37 Å². The fourth-order valence-corrected chi connectivity index (χ4v) is 3.75. The second-order valence-electron chi connectivity index (χ2n) is 7.63. The Morgan fingerprint density at radius 3 is 2.76 bits per heavy atom. The molecule has 0 radical (unpaired) electrons. The van der Waals surface area contributed by atoms with Gasteiger partial charge in [0.15, 0.2) is 0 Å². The van der Waals surface area contributed by atoms with Crippen molar-refractivity contribution in [2.75, 3.05) is 18.4 Å². The van der Waals surface area contributed by atoms with E-state index in [1.54, 1.807) is 0 Å². The molecule has 0 aliphatic carbocycles. The van der Waals surface area contributed by atoms with Crippen molar-refractivity contribution >= 4 is 22.6 Å². The van der Waals surface area contributed by atoms with Crippen LogP contribution in [0.15, 0.2) is 30.3 Å². The Balaban J connectivity index is 1.48. The van der Waals surface area contributed by atoms with Gasteiger partial charge in [-0.1, -0.05) is 51.1 Å². The standard InChI is InChI=1S/C19H26N4OS/c1-19(2,3)17-21-18(25-22-17)20-15-11-12-23(13-15)16(24)10-9-14-7-5-4-6-8-14/h4-8,15H,9-13H2,1-3H3,(H,20,21,22). The summed E-state index contributed by atoms with van der Waals surface area (Å²) >= 11 is 1.40. The maximum atomic E-state index is 12.4. The molecule has 3 rings (SSSR count). The van der Waals surface area contributed by atoms with Gasteiger partial charge >= 0.3 is 0 Å². The molecule has 134 valence electrons. The minimum absolute atomic E-state index is 0.0362. The molecular weight excluding hydrogens is 332 g/mol. The lowest BCUT2D eigenvalue weighted by Gasteiger charge is -2.17. The topological polar surface area (TPSA) is 58.1 Å². The number of hydrogen-bond acceptors (Lipinski definition) is 5. The molecule has 1 aliphatic heterocycles. The minimum atomic E-state index is -0.0362. The van der Waals surface area contributed by atoms with Gasteiger partial charge < -0.3 is 10.2 Å². The lowest BCUT2D eigenvalue weighted by molar-refractivity contribution is -0.130. The molecule has 1 aromatic carbocycles. The summed E-state index contributed by atoms with van der Waals surface area (Å²) in [4.78, 5) is 19.0. The van der Waals surface area contributed by atoms with Crippen molar-refractivity contribution in [3.8, 4) is 0 Å². The molecule has 1 N–H and O–H groups in total. The highest BCUT2D eigenvalue weighted by molar-refractivity contribution is 7.09. The van der Waals surface area contributed by atoms with Crippen LogP contribution in [0.3, 0.4) is 0 Å². The van der Waals surface area contributed by atoms with E-state index in [0.717, 1.165) is 36.9 Å². The lowest BCUT2D eigenvalue weighted by atomic mass is 9.96. The van der Waals surface area contributed by atoms with Crippen LogP contribution >= 0.6 is 11.5 Å². The molecule has 0 spiro atoms. The molecule has 1 aromatic heterocycles. The van der Waals surface area contributed by atoms with Crippen LogP contribution in [-0.4, -0.2) is 39.3 Å². The van der Waals surface area contributed by atoms with Crippen molar-refractivity contribution in [1.82, 2.24) is 14.3 Å². The second kappa shape index (κ2) is 7.52. The molecule has 1 amide bonds. The molecule has 6 heteroatoms. The van der Waals surface area contributed by atoms with Crippen molar-refractivity contribution in [1.29, 1.82) is 0 Å². The molecule has 0 bridgehead atoms. The summed E-state index contributed by atoms with van der Waals surface area (Å²) in [6.45, 7) is 7.90. The van der Waals surface area contributed by atoms with E-state index in [4.69, 9.17) is 0 Å². The third-order valence-electron chi connectivity index (χ3n) is 4.44. The van der Waals surface area contributed by atoms with Crippen LogP contribution in [0.2, 0.25) is 0 Å². The first-order chi connectivity index (χ1) is 11.9. The van der Waals surface area contributed by atoms with E-state index in [1.807, 2.05) is 23.1 Å². The molecule has 1 unspecified atom stereocenters. The van der Waals surface area contributed by atoms with Gasteiger partial charge in [0.1, 0.15) is 5.82 Å². The van der Waals surface area contributed by atoms with Gasteiger partial charge in [-0.25, -0.2) is 4.98 Å².